The van der Waals surface area contributed by atoms with E-state index in [0.29, 0.717) is 22.1 Å². The predicted octanol–water partition coefficient (Wildman–Crippen LogP) is 3.21. The van der Waals surface area contributed by atoms with Crippen LogP contribution in [0.15, 0.2) is 6.20 Å². The predicted molar refractivity (Wildman–Crippen MR) is 58.4 cm³/mol. The number of nitrogens with two attached hydrogens (primary N) is 1. The molecule has 0 aliphatic heterocycles. The molecule has 6 heteroatoms. The van der Waals surface area contributed by atoms with Crippen molar-refractivity contribution in [1.82, 2.24) is 4.98 Å². The van der Waals surface area contributed by atoms with Gasteiger partial charge in [0.1, 0.15) is 0 Å². The zero-order valence-corrected chi connectivity index (χ0v) is 9.89. The second-order valence-electron chi connectivity index (χ2n) is 5.08. The minimum Gasteiger partial charge on any atom is -0.323 e. The van der Waals surface area contributed by atoms with Crippen molar-refractivity contribution in [3.8, 4) is 0 Å². The van der Waals surface area contributed by atoms with E-state index in [2.05, 4.69) is 4.98 Å². The lowest BCUT2D eigenvalue weighted by Gasteiger charge is -2.18. The van der Waals surface area contributed by atoms with Gasteiger partial charge in [-0.15, -0.1) is 11.3 Å². The molecule has 2 N–H and O–H groups in total. The summed E-state index contributed by atoms with van der Waals surface area (Å²) in [4.78, 5) is 4.00. The second-order valence-corrected chi connectivity index (χ2v) is 6.14. The molecule has 0 saturated heterocycles. The van der Waals surface area contributed by atoms with Crippen LogP contribution in [0.1, 0.15) is 35.2 Å². The molecule has 2 fully saturated rings. The number of nitrogens with zero attached hydrogens (tertiary/aromatic N) is 1. The van der Waals surface area contributed by atoms with E-state index in [1.54, 1.807) is 0 Å². The van der Waals surface area contributed by atoms with Gasteiger partial charge in [0.15, 0.2) is 5.01 Å². The normalized spacial score (nSPS) is 33.5. The van der Waals surface area contributed by atoms with Gasteiger partial charge in [-0.2, -0.15) is 13.2 Å². The van der Waals surface area contributed by atoms with Crippen LogP contribution in [-0.4, -0.2) is 4.98 Å². The first-order valence-electron chi connectivity index (χ1n) is 5.73. The van der Waals surface area contributed by atoms with Gasteiger partial charge >= 0.3 is 6.18 Å². The largest absolute Gasteiger partial charge is 0.443 e. The highest BCUT2D eigenvalue weighted by Crippen LogP contribution is 2.57. The maximum atomic E-state index is 12.4. The molecule has 0 bridgehead atoms. The van der Waals surface area contributed by atoms with Crippen LogP contribution in [0.3, 0.4) is 0 Å². The maximum Gasteiger partial charge on any atom is 0.443 e. The van der Waals surface area contributed by atoms with Crippen molar-refractivity contribution in [3.05, 3.63) is 16.1 Å². The van der Waals surface area contributed by atoms with Crippen molar-refractivity contribution in [2.24, 2.45) is 23.5 Å². The topological polar surface area (TPSA) is 38.9 Å². The van der Waals surface area contributed by atoms with Gasteiger partial charge in [0.25, 0.3) is 0 Å². The molecular formula is C11H13F3N2S. The fourth-order valence-corrected chi connectivity index (χ4v) is 3.74. The van der Waals surface area contributed by atoms with E-state index >= 15 is 0 Å². The highest BCUT2D eigenvalue weighted by Gasteiger charge is 2.48. The fourth-order valence-electron chi connectivity index (χ4n) is 2.86. The van der Waals surface area contributed by atoms with Gasteiger partial charge in [-0.25, -0.2) is 4.98 Å². The summed E-state index contributed by atoms with van der Waals surface area (Å²) in [5.74, 6) is 1.93. The molecule has 0 aromatic carbocycles. The van der Waals surface area contributed by atoms with Crippen molar-refractivity contribution >= 4 is 11.3 Å². The Bertz CT molecular complexity index is 419. The Morgan fingerprint density at radius 2 is 1.94 bits per heavy atom. The van der Waals surface area contributed by atoms with E-state index in [4.69, 9.17) is 5.73 Å². The standard InChI is InChI=1S/C11H13F3N2S/c12-11(13,14)10-16-4-8(17-10)9(15)7-2-5-1-6(5)3-7/h4-7,9H,1-3,15H2. The first-order valence-corrected chi connectivity index (χ1v) is 6.55. The van der Waals surface area contributed by atoms with Crippen molar-refractivity contribution in [1.29, 1.82) is 0 Å². The van der Waals surface area contributed by atoms with Gasteiger partial charge in [-0.05, 0) is 37.0 Å². The van der Waals surface area contributed by atoms with Crippen LogP contribution in [0.25, 0.3) is 0 Å². The summed E-state index contributed by atoms with van der Waals surface area (Å²) < 4.78 is 37.3. The molecule has 2 saturated carbocycles. The lowest BCUT2D eigenvalue weighted by Crippen LogP contribution is -2.19. The molecule has 2 aliphatic rings. The molecule has 94 valence electrons. The summed E-state index contributed by atoms with van der Waals surface area (Å²) in [6.45, 7) is 0. The van der Waals surface area contributed by atoms with Crippen LogP contribution in [-0.2, 0) is 6.18 Å². The number of alkyl halides is 3. The molecule has 3 atom stereocenters. The zero-order valence-electron chi connectivity index (χ0n) is 9.07. The average molecular weight is 262 g/mol. The number of fused-ring (bicyclic) bond motifs is 1. The fraction of sp³-hybridized carbons (Fsp3) is 0.727. The third kappa shape index (κ3) is 2.08. The minimum absolute atomic E-state index is 0.267. The van der Waals surface area contributed by atoms with Crippen LogP contribution >= 0.6 is 11.3 Å². The number of halogens is 3. The molecular weight excluding hydrogens is 249 g/mol. The van der Waals surface area contributed by atoms with Crippen molar-refractivity contribution in [3.63, 3.8) is 0 Å². The summed E-state index contributed by atoms with van der Waals surface area (Å²) in [5.41, 5.74) is 6.04. The van der Waals surface area contributed by atoms with Gasteiger partial charge in [-0.1, -0.05) is 0 Å². The van der Waals surface area contributed by atoms with Crippen molar-refractivity contribution in [2.45, 2.75) is 31.5 Å². The Kier molecular flexibility index (Phi) is 2.49. The lowest BCUT2D eigenvalue weighted by atomic mass is 9.94. The molecule has 3 unspecified atom stereocenters. The number of hydrogen-bond donors (Lipinski definition) is 1. The zero-order chi connectivity index (χ0) is 12.2. The van der Waals surface area contributed by atoms with Crippen LogP contribution < -0.4 is 5.73 Å². The molecule has 1 aromatic rings. The van der Waals surface area contributed by atoms with E-state index in [0.717, 1.165) is 24.7 Å². The van der Waals surface area contributed by atoms with E-state index < -0.39 is 11.2 Å². The quantitative estimate of drug-likeness (QED) is 0.888. The molecule has 2 aliphatic carbocycles. The van der Waals surface area contributed by atoms with Gasteiger partial charge < -0.3 is 5.73 Å². The molecule has 0 spiro atoms. The number of rotatable bonds is 2. The monoisotopic (exact) mass is 262 g/mol. The minimum atomic E-state index is -4.35. The SMILES string of the molecule is NC(c1cnc(C(F)(F)F)s1)C1CC2CC2C1. The summed E-state index contributed by atoms with van der Waals surface area (Å²) in [5, 5.41) is -0.786. The third-order valence-electron chi connectivity index (χ3n) is 3.88. The van der Waals surface area contributed by atoms with Crippen molar-refractivity contribution in [2.75, 3.05) is 0 Å². The number of hydrogen-bond acceptors (Lipinski definition) is 3. The summed E-state index contributed by atoms with van der Waals surface area (Å²) in [6.07, 6.45) is 0.387. The second kappa shape index (κ2) is 3.68. The van der Waals surface area contributed by atoms with Crippen LogP contribution in [0.2, 0.25) is 0 Å². The third-order valence-corrected chi connectivity index (χ3v) is 5.03. The molecule has 1 heterocycles. The van der Waals surface area contributed by atoms with Gasteiger partial charge in [0.2, 0.25) is 0 Å². The molecule has 0 radical (unpaired) electrons. The molecule has 3 rings (SSSR count). The summed E-state index contributed by atoms with van der Waals surface area (Å²) in [7, 11) is 0. The average Bonchev–Trinajstić information content (AvgIpc) is 2.71. The van der Waals surface area contributed by atoms with Crippen LogP contribution in [0.4, 0.5) is 13.2 Å². The van der Waals surface area contributed by atoms with Crippen molar-refractivity contribution < 1.29 is 13.2 Å². The molecule has 17 heavy (non-hydrogen) atoms. The molecule has 2 nitrogen and oxygen atoms in total. The van der Waals surface area contributed by atoms with Gasteiger partial charge in [0.05, 0.1) is 0 Å². The van der Waals surface area contributed by atoms with Crippen LogP contribution in [0, 0.1) is 17.8 Å². The van der Waals surface area contributed by atoms with Crippen LogP contribution in [0.5, 0.6) is 0 Å². The highest BCUT2D eigenvalue weighted by molar-refractivity contribution is 7.11. The summed E-state index contributed by atoms with van der Waals surface area (Å²) in [6, 6.07) is -0.267. The molecule has 0 amide bonds. The Hall–Kier alpha value is -0.620. The highest BCUT2D eigenvalue weighted by atomic mass is 32.1. The van der Waals surface area contributed by atoms with E-state index in [9.17, 15) is 13.2 Å². The summed E-state index contributed by atoms with van der Waals surface area (Å²) >= 11 is 0.690. The first kappa shape index (κ1) is 11.5. The number of thiazole rings is 1. The van der Waals surface area contributed by atoms with E-state index in [1.807, 2.05) is 0 Å². The van der Waals surface area contributed by atoms with E-state index in [1.165, 1.54) is 12.6 Å². The van der Waals surface area contributed by atoms with Gasteiger partial charge in [0, 0.05) is 17.1 Å². The molecule has 1 aromatic heterocycles. The Labute approximate surface area is 101 Å². The lowest BCUT2D eigenvalue weighted by molar-refractivity contribution is -0.137. The smallest absolute Gasteiger partial charge is 0.323 e. The maximum absolute atomic E-state index is 12.4. The number of aromatic nitrogens is 1. The Morgan fingerprint density at radius 3 is 2.47 bits per heavy atom. The Balaban J connectivity index is 1.73. The Morgan fingerprint density at radius 1 is 1.29 bits per heavy atom. The first-order chi connectivity index (χ1) is 7.95. The van der Waals surface area contributed by atoms with Gasteiger partial charge in [-0.3, -0.25) is 0 Å². The van der Waals surface area contributed by atoms with E-state index in [-0.39, 0.29) is 6.04 Å².